The lowest BCUT2D eigenvalue weighted by atomic mass is 9.96. The van der Waals surface area contributed by atoms with Crippen LogP contribution in [0.25, 0.3) is 0 Å². The molecule has 3 aromatic rings. The van der Waals surface area contributed by atoms with Crippen molar-refractivity contribution >= 4 is 23.2 Å². The fraction of sp³-hybridized carbons (Fsp3) is 0.231. The first-order valence-corrected chi connectivity index (χ1v) is 10.8. The van der Waals surface area contributed by atoms with Crippen molar-refractivity contribution in [2.45, 2.75) is 19.4 Å². The van der Waals surface area contributed by atoms with Gasteiger partial charge in [-0.05, 0) is 54.8 Å². The zero-order valence-corrected chi connectivity index (χ0v) is 17.9. The number of hydrogen-bond donors (Lipinski definition) is 2. The van der Waals surface area contributed by atoms with Gasteiger partial charge in [0.25, 0.3) is 5.91 Å². The molecule has 0 atom stereocenters. The molecule has 2 amide bonds. The van der Waals surface area contributed by atoms with Crippen molar-refractivity contribution in [3.63, 3.8) is 0 Å². The number of anilines is 2. The summed E-state index contributed by atoms with van der Waals surface area (Å²) >= 11 is 0. The number of carbonyl (C=O) groups excluding carboxylic acids is 2. The Balaban J connectivity index is 1.38. The van der Waals surface area contributed by atoms with Crippen LogP contribution in [-0.4, -0.2) is 24.9 Å². The lowest BCUT2D eigenvalue weighted by molar-refractivity contribution is -0.122. The van der Waals surface area contributed by atoms with Gasteiger partial charge in [0.2, 0.25) is 5.91 Å². The summed E-state index contributed by atoms with van der Waals surface area (Å²) < 4.78 is 5.76. The minimum absolute atomic E-state index is 0.0719. The molecular formula is C26H27N3O3. The van der Waals surface area contributed by atoms with E-state index in [2.05, 4.69) is 10.2 Å². The first-order valence-electron chi connectivity index (χ1n) is 10.8. The molecule has 4 rings (SSSR count). The monoisotopic (exact) mass is 429 g/mol. The van der Waals surface area contributed by atoms with Crippen molar-refractivity contribution in [2.75, 3.05) is 23.3 Å². The van der Waals surface area contributed by atoms with Crippen molar-refractivity contribution < 1.29 is 14.3 Å². The number of nitrogens with zero attached hydrogens (tertiary/aromatic N) is 1. The van der Waals surface area contributed by atoms with Crippen LogP contribution in [0.15, 0.2) is 78.9 Å². The van der Waals surface area contributed by atoms with E-state index in [1.165, 1.54) is 0 Å². The molecule has 1 heterocycles. The van der Waals surface area contributed by atoms with E-state index < -0.39 is 0 Å². The molecule has 1 aliphatic rings. The van der Waals surface area contributed by atoms with Crippen molar-refractivity contribution in [3.05, 3.63) is 90.0 Å². The minimum atomic E-state index is -0.233. The highest BCUT2D eigenvalue weighted by atomic mass is 16.5. The number of rotatable bonds is 7. The predicted octanol–water partition coefficient (Wildman–Crippen LogP) is 4.22. The summed E-state index contributed by atoms with van der Waals surface area (Å²) in [6, 6.07) is 24.8. The largest absolute Gasteiger partial charge is 0.489 e. The second kappa shape index (κ2) is 10.0. The molecular weight excluding hydrogens is 402 g/mol. The molecule has 1 fully saturated rings. The Labute approximate surface area is 188 Å². The molecule has 164 valence electrons. The number of benzene rings is 3. The molecule has 1 aliphatic heterocycles. The highest BCUT2D eigenvalue weighted by molar-refractivity contribution is 6.06. The zero-order valence-electron chi connectivity index (χ0n) is 17.9. The summed E-state index contributed by atoms with van der Waals surface area (Å²) in [4.78, 5) is 26.5. The Morgan fingerprint density at radius 3 is 2.25 bits per heavy atom. The average molecular weight is 430 g/mol. The first-order chi connectivity index (χ1) is 15.6. The van der Waals surface area contributed by atoms with Crippen LogP contribution >= 0.6 is 0 Å². The minimum Gasteiger partial charge on any atom is -0.489 e. The molecule has 32 heavy (non-hydrogen) atoms. The van der Waals surface area contributed by atoms with Gasteiger partial charge in [-0.25, -0.2) is 0 Å². The number of nitrogens with one attached hydrogen (secondary N) is 1. The Bertz CT molecular complexity index is 1060. The third-order valence-corrected chi connectivity index (χ3v) is 5.76. The van der Waals surface area contributed by atoms with Crippen LogP contribution < -0.4 is 20.7 Å². The number of nitrogens with two attached hydrogens (primary N) is 1. The fourth-order valence-corrected chi connectivity index (χ4v) is 3.89. The SMILES string of the molecule is NC(=O)C1CCN(c2ccccc2NC(=O)c2ccc(COc3ccccc3)cc2)CC1. The molecule has 0 saturated carbocycles. The van der Waals surface area contributed by atoms with E-state index in [1.807, 2.05) is 66.7 Å². The number of ether oxygens (including phenoxy) is 1. The van der Waals surface area contributed by atoms with Crippen LogP contribution in [0, 0.1) is 5.92 Å². The lowest BCUT2D eigenvalue weighted by Gasteiger charge is -2.33. The van der Waals surface area contributed by atoms with Crippen LogP contribution in [0.3, 0.4) is 0 Å². The summed E-state index contributed by atoms with van der Waals surface area (Å²) in [7, 11) is 0. The van der Waals surface area contributed by atoms with Crippen LogP contribution in [0.2, 0.25) is 0 Å². The van der Waals surface area contributed by atoms with Crippen LogP contribution in [0.4, 0.5) is 11.4 Å². The summed E-state index contributed by atoms with van der Waals surface area (Å²) in [5.74, 6) is 0.340. The molecule has 0 unspecified atom stereocenters. The summed E-state index contributed by atoms with van der Waals surface area (Å²) in [6.45, 7) is 1.91. The smallest absolute Gasteiger partial charge is 0.255 e. The standard InChI is InChI=1S/C26H27N3O3/c27-25(30)20-14-16-29(17-15-20)24-9-5-4-8-23(24)28-26(31)21-12-10-19(11-13-21)18-32-22-6-2-1-3-7-22/h1-13,20H,14-18H2,(H2,27,30)(H,28,31). The van der Waals surface area contributed by atoms with E-state index >= 15 is 0 Å². The Morgan fingerprint density at radius 1 is 0.906 bits per heavy atom. The molecule has 3 N–H and O–H groups in total. The molecule has 1 saturated heterocycles. The highest BCUT2D eigenvalue weighted by Crippen LogP contribution is 2.30. The van der Waals surface area contributed by atoms with Gasteiger partial charge in [0.15, 0.2) is 0 Å². The molecule has 0 aliphatic carbocycles. The van der Waals surface area contributed by atoms with Gasteiger partial charge in [0.1, 0.15) is 12.4 Å². The molecule has 0 radical (unpaired) electrons. The summed E-state index contributed by atoms with van der Waals surface area (Å²) in [5.41, 5.74) is 8.73. The quantitative estimate of drug-likeness (QED) is 0.589. The van der Waals surface area contributed by atoms with Gasteiger partial charge in [0.05, 0.1) is 11.4 Å². The van der Waals surface area contributed by atoms with E-state index in [9.17, 15) is 9.59 Å². The van der Waals surface area contributed by atoms with Gasteiger partial charge in [-0.2, -0.15) is 0 Å². The molecule has 0 aromatic heterocycles. The van der Waals surface area contributed by atoms with Crippen LogP contribution in [0.5, 0.6) is 5.75 Å². The van der Waals surface area contributed by atoms with Crippen molar-refractivity contribution in [2.24, 2.45) is 11.7 Å². The van der Waals surface area contributed by atoms with Crippen LogP contribution in [-0.2, 0) is 11.4 Å². The van der Waals surface area contributed by atoms with Gasteiger partial charge in [-0.15, -0.1) is 0 Å². The van der Waals surface area contributed by atoms with Crippen molar-refractivity contribution in [3.8, 4) is 5.75 Å². The Hall–Kier alpha value is -3.80. The van der Waals surface area contributed by atoms with E-state index in [4.69, 9.17) is 10.5 Å². The maximum absolute atomic E-state index is 12.9. The van der Waals surface area contributed by atoms with E-state index in [0.29, 0.717) is 12.2 Å². The average Bonchev–Trinajstić information content (AvgIpc) is 2.84. The Morgan fingerprint density at radius 2 is 1.56 bits per heavy atom. The topological polar surface area (TPSA) is 84.7 Å². The second-order valence-corrected chi connectivity index (χ2v) is 7.93. The number of amides is 2. The van der Waals surface area contributed by atoms with Crippen LogP contribution in [0.1, 0.15) is 28.8 Å². The van der Waals surface area contributed by atoms with Crippen molar-refractivity contribution in [1.82, 2.24) is 0 Å². The highest BCUT2D eigenvalue weighted by Gasteiger charge is 2.24. The number of primary amides is 1. The zero-order chi connectivity index (χ0) is 22.3. The maximum atomic E-state index is 12.9. The molecule has 3 aromatic carbocycles. The summed E-state index contributed by atoms with van der Waals surface area (Å²) in [5, 5.41) is 3.03. The normalized spacial score (nSPS) is 14.1. The molecule has 6 heteroatoms. The molecule has 0 spiro atoms. The van der Waals surface area contributed by atoms with E-state index in [1.54, 1.807) is 12.1 Å². The number of carbonyl (C=O) groups is 2. The lowest BCUT2D eigenvalue weighted by Crippen LogP contribution is -2.38. The van der Waals surface area contributed by atoms with Gasteiger partial charge < -0.3 is 20.7 Å². The molecule has 6 nitrogen and oxygen atoms in total. The van der Waals surface area contributed by atoms with E-state index in [0.717, 1.165) is 48.6 Å². The van der Waals surface area contributed by atoms with Gasteiger partial charge in [-0.1, -0.05) is 42.5 Å². The number of piperidine rings is 1. The van der Waals surface area contributed by atoms with Gasteiger partial charge >= 0.3 is 0 Å². The van der Waals surface area contributed by atoms with Gasteiger partial charge in [0, 0.05) is 24.6 Å². The van der Waals surface area contributed by atoms with Gasteiger partial charge in [-0.3, -0.25) is 9.59 Å². The number of para-hydroxylation sites is 3. The second-order valence-electron chi connectivity index (χ2n) is 7.93. The maximum Gasteiger partial charge on any atom is 0.255 e. The number of hydrogen-bond acceptors (Lipinski definition) is 4. The molecule has 0 bridgehead atoms. The Kier molecular flexibility index (Phi) is 6.70. The van der Waals surface area contributed by atoms with Crippen molar-refractivity contribution in [1.29, 1.82) is 0 Å². The summed E-state index contributed by atoms with van der Waals surface area (Å²) in [6.07, 6.45) is 1.45. The third kappa shape index (κ3) is 5.27. The third-order valence-electron chi connectivity index (χ3n) is 5.76. The first kappa shape index (κ1) is 21.4. The van der Waals surface area contributed by atoms with E-state index in [-0.39, 0.29) is 17.7 Å². The predicted molar refractivity (Wildman–Crippen MR) is 126 cm³/mol. The fourth-order valence-electron chi connectivity index (χ4n) is 3.89.